The van der Waals surface area contributed by atoms with Crippen molar-refractivity contribution in [2.24, 2.45) is 0 Å². The number of hydrogen-bond acceptors (Lipinski definition) is 3. The highest BCUT2D eigenvalue weighted by Gasteiger charge is 2.14. The minimum Gasteiger partial charge on any atom is -0.323 e. The molecule has 22 heavy (non-hydrogen) atoms. The lowest BCUT2D eigenvalue weighted by atomic mass is 10.2. The quantitative estimate of drug-likeness (QED) is 0.860. The number of nitrogens with one attached hydrogen (secondary N) is 1. The van der Waals surface area contributed by atoms with E-state index >= 15 is 0 Å². The Morgan fingerprint density at radius 2 is 2.05 bits per heavy atom. The lowest BCUT2D eigenvalue weighted by molar-refractivity contribution is -0.117. The highest BCUT2D eigenvalue weighted by atomic mass is 35.5. The van der Waals surface area contributed by atoms with E-state index in [1.165, 1.54) is 25.9 Å². The van der Waals surface area contributed by atoms with Gasteiger partial charge in [-0.05, 0) is 51.5 Å². The second kappa shape index (κ2) is 9.36. The zero-order valence-corrected chi connectivity index (χ0v) is 14.8. The van der Waals surface area contributed by atoms with Crippen LogP contribution in [-0.4, -0.2) is 55.5 Å². The minimum absolute atomic E-state index is 0. The summed E-state index contributed by atoms with van der Waals surface area (Å²) in [4.78, 5) is 16.6. The predicted octanol–water partition coefficient (Wildman–Crippen LogP) is 3.04. The smallest absolute Gasteiger partial charge is 0.238 e. The molecule has 0 aliphatic carbocycles. The molecule has 2 rings (SSSR count). The number of carbonyl (C=O) groups excluding carboxylic acids is 1. The van der Waals surface area contributed by atoms with Crippen LogP contribution in [0.15, 0.2) is 18.2 Å². The number of aryl methyl sites for hydroxylation is 1. The molecule has 1 saturated heterocycles. The number of benzene rings is 1. The summed E-state index contributed by atoms with van der Waals surface area (Å²) in [5.74, 6) is -0.0184. The molecule has 1 amide bonds. The molecule has 0 spiro atoms. The van der Waals surface area contributed by atoms with E-state index in [1.54, 1.807) is 6.07 Å². The molecular formula is C16H25Cl2N3O. The summed E-state index contributed by atoms with van der Waals surface area (Å²) in [6.45, 7) is 6.67. The zero-order chi connectivity index (χ0) is 15.2. The van der Waals surface area contributed by atoms with Crippen molar-refractivity contribution in [3.05, 3.63) is 28.8 Å². The van der Waals surface area contributed by atoms with Crippen LogP contribution >= 0.6 is 24.0 Å². The van der Waals surface area contributed by atoms with Crippen molar-refractivity contribution in [1.82, 2.24) is 9.80 Å². The zero-order valence-electron chi connectivity index (χ0n) is 13.3. The normalized spacial score (nSPS) is 14.9. The van der Waals surface area contributed by atoms with Gasteiger partial charge in [-0.2, -0.15) is 0 Å². The van der Waals surface area contributed by atoms with Gasteiger partial charge in [0.05, 0.1) is 17.3 Å². The predicted molar refractivity (Wildman–Crippen MR) is 95.2 cm³/mol. The molecule has 4 nitrogen and oxygen atoms in total. The van der Waals surface area contributed by atoms with E-state index in [0.29, 0.717) is 11.6 Å². The van der Waals surface area contributed by atoms with Gasteiger partial charge in [0.15, 0.2) is 0 Å². The molecule has 1 aliphatic rings. The maximum atomic E-state index is 12.1. The maximum Gasteiger partial charge on any atom is 0.238 e. The lowest BCUT2D eigenvalue weighted by Crippen LogP contribution is -2.36. The van der Waals surface area contributed by atoms with Crippen LogP contribution in [0.2, 0.25) is 5.02 Å². The van der Waals surface area contributed by atoms with Crippen LogP contribution in [0.4, 0.5) is 5.69 Å². The van der Waals surface area contributed by atoms with Crippen molar-refractivity contribution in [3.8, 4) is 0 Å². The van der Waals surface area contributed by atoms with Crippen molar-refractivity contribution in [2.45, 2.75) is 19.8 Å². The number of para-hydroxylation sites is 1. The summed E-state index contributed by atoms with van der Waals surface area (Å²) >= 11 is 6.12. The highest BCUT2D eigenvalue weighted by Crippen LogP contribution is 2.25. The van der Waals surface area contributed by atoms with E-state index < -0.39 is 0 Å². The van der Waals surface area contributed by atoms with Gasteiger partial charge in [-0.15, -0.1) is 12.4 Å². The molecule has 124 valence electrons. The van der Waals surface area contributed by atoms with Gasteiger partial charge in [0.1, 0.15) is 0 Å². The Kier molecular flexibility index (Phi) is 8.18. The van der Waals surface area contributed by atoms with Gasteiger partial charge in [-0.3, -0.25) is 9.69 Å². The standard InChI is InChI=1S/C16H24ClN3O.ClH/c1-13-6-5-7-14(17)16(13)18-15(21)12-19(2)10-11-20-8-3-4-9-20;/h5-7H,3-4,8-12H2,1-2H3,(H,18,21);1H. The first kappa shape index (κ1) is 19.2. The molecule has 0 bridgehead atoms. The first-order valence-electron chi connectivity index (χ1n) is 7.52. The molecule has 0 unspecified atom stereocenters. The minimum atomic E-state index is -0.0184. The van der Waals surface area contributed by atoms with Crippen LogP contribution in [0.3, 0.4) is 0 Å². The molecule has 1 heterocycles. The summed E-state index contributed by atoms with van der Waals surface area (Å²) in [5.41, 5.74) is 1.70. The molecule has 0 radical (unpaired) electrons. The van der Waals surface area contributed by atoms with Gasteiger partial charge in [0, 0.05) is 13.1 Å². The number of likely N-dealkylation sites (tertiary alicyclic amines) is 1. The number of hydrogen-bond donors (Lipinski definition) is 1. The Hall–Kier alpha value is -0.810. The number of amides is 1. The molecule has 0 atom stereocenters. The fraction of sp³-hybridized carbons (Fsp3) is 0.562. The topological polar surface area (TPSA) is 35.6 Å². The summed E-state index contributed by atoms with van der Waals surface area (Å²) in [7, 11) is 1.98. The molecule has 1 aliphatic heterocycles. The first-order chi connectivity index (χ1) is 10.1. The monoisotopic (exact) mass is 345 g/mol. The average molecular weight is 346 g/mol. The third-order valence-corrected chi connectivity index (χ3v) is 4.21. The molecular weight excluding hydrogens is 321 g/mol. The van der Waals surface area contributed by atoms with E-state index in [0.717, 1.165) is 24.3 Å². The van der Waals surface area contributed by atoms with Gasteiger partial charge in [0.2, 0.25) is 5.91 Å². The summed E-state index contributed by atoms with van der Waals surface area (Å²) in [6, 6.07) is 5.62. The number of likely N-dealkylation sites (N-methyl/N-ethyl adjacent to an activating group) is 1. The largest absolute Gasteiger partial charge is 0.323 e. The number of rotatable bonds is 6. The van der Waals surface area contributed by atoms with Gasteiger partial charge in [-0.25, -0.2) is 0 Å². The average Bonchev–Trinajstić information content (AvgIpc) is 2.94. The number of nitrogens with zero attached hydrogens (tertiary/aromatic N) is 2. The fourth-order valence-corrected chi connectivity index (χ4v) is 2.88. The third-order valence-electron chi connectivity index (χ3n) is 3.90. The second-order valence-corrected chi connectivity index (χ2v) is 6.17. The van der Waals surface area contributed by atoms with Crippen molar-refractivity contribution in [3.63, 3.8) is 0 Å². The summed E-state index contributed by atoms with van der Waals surface area (Å²) in [6.07, 6.45) is 2.60. The maximum absolute atomic E-state index is 12.1. The van der Waals surface area contributed by atoms with Gasteiger partial charge in [-0.1, -0.05) is 23.7 Å². The Balaban J connectivity index is 0.00000242. The Morgan fingerprint density at radius 1 is 1.36 bits per heavy atom. The van der Waals surface area contributed by atoms with E-state index in [1.807, 2.05) is 26.1 Å². The van der Waals surface area contributed by atoms with Crippen LogP contribution in [-0.2, 0) is 4.79 Å². The first-order valence-corrected chi connectivity index (χ1v) is 7.90. The third kappa shape index (κ3) is 5.76. The van der Waals surface area contributed by atoms with E-state index in [-0.39, 0.29) is 18.3 Å². The molecule has 1 aromatic carbocycles. The molecule has 0 saturated carbocycles. The Bertz CT molecular complexity index is 470. The van der Waals surface area contributed by atoms with Crippen molar-refractivity contribution in [2.75, 3.05) is 45.1 Å². The Morgan fingerprint density at radius 3 is 2.68 bits per heavy atom. The lowest BCUT2D eigenvalue weighted by Gasteiger charge is -2.21. The molecule has 0 aromatic heterocycles. The van der Waals surface area contributed by atoms with Crippen LogP contribution in [0.5, 0.6) is 0 Å². The van der Waals surface area contributed by atoms with Crippen LogP contribution in [0, 0.1) is 6.92 Å². The number of carbonyl (C=O) groups is 1. The molecule has 1 fully saturated rings. The van der Waals surface area contributed by atoms with Crippen LogP contribution in [0.1, 0.15) is 18.4 Å². The van der Waals surface area contributed by atoms with Gasteiger partial charge in [0.25, 0.3) is 0 Å². The van der Waals surface area contributed by atoms with Crippen molar-refractivity contribution in [1.29, 1.82) is 0 Å². The van der Waals surface area contributed by atoms with Crippen LogP contribution < -0.4 is 5.32 Å². The summed E-state index contributed by atoms with van der Waals surface area (Å²) < 4.78 is 0. The Labute approximate surface area is 144 Å². The second-order valence-electron chi connectivity index (χ2n) is 5.77. The van der Waals surface area contributed by atoms with Crippen LogP contribution in [0.25, 0.3) is 0 Å². The van der Waals surface area contributed by atoms with E-state index in [2.05, 4.69) is 15.1 Å². The van der Waals surface area contributed by atoms with E-state index in [9.17, 15) is 4.79 Å². The fourth-order valence-electron chi connectivity index (χ4n) is 2.61. The van der Waals surface area contributed by atoms with Gasteiger partial charge < -0.3 is 10.2 Å². The SMILES string of the molecule is Cc1cccc(Cl)c1NC(=O)CN(C)CCN1CCCC1.Cl. The summed E-state index contributed by atoms with van der Waals surface area (Å²) in [5, 5.41) is 3.50. The molecule has 6 heteroatoms. The van der Waals surface area contributed by atoms with Gasteiger partial charge >= 0.3 is 0 Å². The van der Waals surface area contributed by atoms with Crippen molar-refractivity contribution < 1.29 is 4.79 Å². The van der Waals surface area contributed by atoms with E-state index in [4.69, 9.17) is 11.6 Å². The molecule has 1 aromatic rings. The molecule has 1 N–H and O–H groups in total. The number of halogens is 2. The van der Waals surface area contributed by atoms with Crippen molar-refractivity contribution >= 4 is 35.6 Å². The highest BCUT2D eigenvalue weighted by molar-refractivity contribution is 6.33. The number of anilines is 1.